The van der Waals surface area contributed by atoms with Crippen molar-refractivity contribution in [1.82, 2.24) is 19.2 Å². The third-order valence-corrected chi connectivity index (χ3v) is 6.32. The van der Waals surface area contributed by atoms with Crippen LogP contribution in [0.15, 0.2) is 41.2 Å². The highest BCUT2D eigenvalue weighted by atomic mass is 16.1. The maximum Gasteiger partial charge on any atom is 0.261 e. The van der Waals surface area contributed by atoms with Gasteiger partial charge in [-0.05, 0) is 68.5 Å². The molecular formula is C25H28N4O. The van der Waals surface area contributed by atoms with Crippen LogP contribution in [0.5, 0.6) is 0 Å². The van der Waals surface area contributed by atoms with Crippen molar-refractivity contribution in [3.63, 3.8) is 0 Å². The number of hydrogen-bond donors (Lipinski definition) is 0. The number of aromatic nitrogens is 4. The van der Waals surface area contributed by atoms with Crippen molar-refractivity contribution in [3.8, 4) is 11.1 Å². The number of fused-ring (bicyclic) bond motifs is 3. The molecule has 30 heavy (non-hydrogen) atoms. The third kappa shape index (κ3) is 3.13. The Labute approximate surface area is 176 Å². The Kier molecular flexibility index (Phi) is 4.69. The first-order valence-corrected chi connectivity index (χ1v) is 11.1. The Morgan fingerprint density at radius 3 is 2.43 bits per heavy atom. The van der Waals surface area contributed by atoms with Crippen molar-refractivity contribution in [2.45, 2.75) is 65.3 Å². The second-order valence-electron chi connectivity index (χ2n) is 8.65. The van der Waals surface area contributed by atoms with Crippen molar-refractivity contribution >= 4 is 16.6 Å². The Hall–Kier alpha value is -2.95. The molecule has 1 saturated carbocycles. The lowest BCUT2D eigenvalue weighted by Gasteiger charge is -2.11. The van der Waals surface area contributed by atoms with Gasteiger partial charge < -0.3 is 0 Å². The zero-order valence-corrected chi connectivity index (χ0v) is 18.0. The Balaban J connectivity index is 1.78. The van der Waals surface area contributed by atoms with E-state index in [1.807, 2.05) is 35.1 Å². The zero-order chi connectivity index (χ0) is 20.8. The van der Waals surface area contributed by atoms with Gasteiger partial charge in [-0.2, -0.15) is 5.10 Å². The fourth-order valence-electron chi connectivity index (χ4n) is 4.94. The van der Waals surface area contributed by atoms with Crippen molar-refractivity contribution in [3.05, 3.63) is 63.8 Å². The lowest BCUT2D eigenvalue weighted by Crippen LogP contribution is -2.22. The summed E-state index contributed by atoms with van der Waals surface area (Å²) in [7, 11) is 0. The quantitative estimate of drug-likeness (QED) is 0.461. The van der Waals surface area contributed by atoms with E-state index in [-0.39, 0.29) is 5.56 Å². The minimum Gasteiger partial charge on any atom is -0.293 e. The first kappa shape index (κ1) is 19.0. The lowest BCUT2D eigenvalue weighted by molar-refractivity contribution is 0.662. The van der Waals surface area contributed by atoms with E-state index in [1.54, 1.807) is 0 Å². The molecule has 4 aromatic rings. The van der Waals surface area contributed by atoms with Gasteiger partial charge in [-0.1, -0.05) is 25.8 Å². The molecular weight excluding hydrogens is 372 g/mol. The molecule has 5 heteroatoms. The highest BCUT2D eigenvalue weighted by molar-refractivity contribution is 5.85. The summed E-state index contributed by atoms with van der Waals surface area (Å²) in [6, 6.07) is 12.5. The summed E-state index contributed by atoms with van der Waals surface area (Å²) in [5, 5.41) is 5.75. The minimum atomic E-state index is 0.0749. The van der Waals surface area contributed by atoms with Gasteiger partial charge in [0.05, 0.1) is 16.6 Å². The molecule has 0 atom stereocenters. The average molecular weight is 401 g/mol. The summed E-state index contributed by atoms with van der Waals surface area (Å²) < 4.78 is 3.90. The Bertz CT molecular complexity index is 1290. The van der Waals surface area contributed by atoms with E-state index in [9.17, 15) is 4.79 Å². The van der Waals surface area contributed by atoms with Crippen LogP contribution in [0, 0.1) is 13.8 Å². The standard InChI is InChI=1S/C25H28N4O/c1-4-11-28-24-15-22(18-7-5-6-8-18)27-29(24)23-14-19(9-10-21(23)25(28)30)20-12-16(2)26-17(3)13-20/h9-10,12-15,18H,4-8,11H2,1-3H3. The summed E-state index contributed by atoms with van der Waals surface area (Å²) >= 11 is 0. The number of benzene rings is 1. The van der Waals surface area contributed by atoms with Gasteiger partial charge in [0.2, 0.25) is 0 Å². The normalized spacial score (nSPS) is 14.9. The molecule has 0 radical (unpaired) electrons. The summed E-state index contributed by atoms with van der Waals surface area (Å²) in [5.74, 6) is 0.513. The summed E-state index contributed by atoms with van der Waals surface area (Å²) in [6.45, 7) is 6.85. The van der Waals surface area contributed by atoms with E-state index in [0.29, 0.717) is 12.5 Å². The third-order valence-electron chi connectivity index (χ3n) is 6.32. The van der Waals surface area contributed by atoms with E-state index < -0.39 is 0 Å². The molecule has 0 unspecified atom stereocenters. The molecule has 5 nitrogen and oxygen atoms in total. The summed E-state index contributed by atoms with van der Waals surface area (Å²) in [4.78, 5) is 17.8. The molecule has 0 bridgehead atoms. The van der Waals surface area contributed by atoms with Gasteiger partial charge in [-0.15, -0.1) is 0 Å². The largest absolute Gasteiger partial charge is 0.293 e. The van der Waals surface area contributed by atoms with Crippen molar-refractivity contribution in [2.75, 3.05) is 0 Å². The number of hydrogen-bond acceptors (Lipinski definition) is 3. The lowest BCUT2D eigenvalue weighted by atomic mass is 10.0. The Morgan fingerprint density at radius 2 is 1.73 bits per heavy atom. The summed E-state index contributed by atoms with van der Waals surface area (Å²) in [5.41, 5.74) is 7.20. The van der Waals surface area contributed by atoms with Crippen LogP contribution in [0.4, 0.5) is 0 Å². The molecule has 1 aliphatic rings. The number of aryl methyl sites for hydroxylation is 3. The number of pyridine rings is 1. The molecule has 3 heterocycles. The minimum absolute atomic E-state index is 0.0749. The van der Waals surface area contributed by atoms with Crippen LogP contribution in [0.25, 0.3) is 27.7 Å². The molecule has 1 fully saturated rings. The van der Waals surface area contributed by atoms with Crippen LogP contribution in [0.3, 0.4) is 0 Å². The van der Waals surface area contributed by atoms with E-state index in [2.05, 4.69) is 36.2 Å². The molecule has 0 amide bonds. The smallest absolute Gasteiger partial charge is 0.261 e. The molecule has 0 N–H and O–H groups in total. The van der Waals surface area contributed by atoms with Crippen molar-refractivity contribution in [2.24, 2.45) is 0 Å². The van der Waals surface area contributed by atoms with Crippen LogP contribution in [-0.2, 0) is 6.54 Å². The van der Waals surface area contributed by atoms with Crippen LogP contribution in [0.2, 0.25) is 0 Å². The topological polar surface area (TPSA) is 52.2 Å². The summed E-state index contributed by atoms with van der Waals surface area (Å²) in [6.07, 6.45) is 5.85. The van der Waals surface area contributed by atoms with Crippen LogP contribution >= 0.6 is 0 Å². The van der Waals surface area contributed by atoms with Crippen molar-refractivity contribution in [1.29, 1.82) is 0 Å². The van der Waals surface area contributed by atoms with E-state index in [4.69, 9.17) is 5.10 Å². The average Bonchev–Trinajstić information content (AvgIpc) is 3.40. The van der Waals surface area contributed by atoms with Gasteiger partial charge in [0.1, 0.15) is 5.65 Å². The van der Waals surface area contributed by atoms with Gasteiger partial charge >= 0.3 is 0 Å². The molecule has 0 saturated heterocycles. The molecule has 0 spiro atoms. The van der Waals surface area contributed by atoms with Gasteiger partial charge in [-0.3, -0.25) is 14.3 Å². The van der Waals surface area contributed by atoms with Gasteiger partial charge in [0.15, 0.2) is 0 Å². The monoisotopic (exact) mass is 400 g/mol. The van der Waals surface area contributed by atoms with E-state index in [0.717, 1.165) is 51.2 Å². The zero-order valence-electron chi connectivity index (χ0n) is 18.0. The van der Waals surface area contributed by atoms with Crippen molar-refractivity contribution < 1.29 is 0 Å². The van der Waals surface area contributed by atoms with Gasteiger partial charge in [-0.25, -0.2) is 4.52 Å². The predicted octanol–water partition coefficient (Wildman–Crippen LogP) is 5.40. The maximum absolute atomic E-state index is 13.3. The molecule has 3 aromatic heterocycles. The highest BCUT2D eigenvalue weighted by Gasteiger charge is 2.22. The van der Waals surface area contributed by atoms with Crippen LogP contribution in [-0.4, -0.2) is 19.2 Å². The molecule has 5 rings (SSSR count). The van der Waals surface area contributed by atoms with E-state index in [1.165, 1.54) is 25.7 Å². The second kappa shape index (κ2) is 7.38. The fourth-order valence-corrected chi connectivity index (χ4v) is 4.94. The Morgan fingerprint density at radius 1 is 1.00 bits per heavy atom. The SMILES string of the molecule is CCCn1c(=O)c2ccc(-c3cc(C)nc(C)c3)cc2n2nc(C3CCCC3)cc12. The predicted molar refractivity (Wildman–Crippen MR) is 121 cm³/mol. The maximum atomic E-state index is 13.3. The molecule has 154 valence electrons. The highest BCUT2D eigenvalue weighted by Crippen LogP contribution is 2.34. The molecule has 1 aromatic carbocycles. The molecule has 0 aliphatic heterocycles. The van der Waals surface area contributed by atoms with Crippen LogP contribution in [0.1, 0.15) is 62.0 Å². The second-order valence-corrected chi connectivity index (χ2v) is 8.65. The first-order chi connectivity index (χ1) is 14.5. The molecule has 1 aliphatic carbocycles. The van der Waals surface area contributed by atoms with Gasteiger partial charge in [0, 0.05) is 29.9 Å². The number of nitrogens with zero attached hydrogens (tertiary/aromatic N) is 4. The van der Waals surface area contributed by atoms with Gasteiger partial charge in [0.25, 0.3) is 5.56 Å². The van der Waals surface area contributed by atoms with E-state index >= 15 is 0 Å². The first-order valence-electron chi connectivity index (χ1n) is 11.1. The van der Waals surface area contributed by atoms with Crippen LogP contribution < -0.4 is 5.56 Å². The fraction of sp³-hybridized carbons (Fsp3) is 0.400. The number of rotatable bonds is 4.